The number of hydrogen-bond acceptors (Lipinski definition) is 4. The van der Waals surface area contributed by atoms with Gasteiger partial charge in [0.05, 0.1) is 23.9 Å². The number of carbonyl (C=O) groups is 2. The van der Waals surface area contributed by atoms with Gasteiger partial charge in [0.2, 0.25) is 5.91 Å². The Morgan fingerprint density at radius 1 is 1.11 bits per heavy atom. The third-order valence-corrected chi connectivity index (χ3v) is 5.70. The standard InChI is InChI=1S/C22H25N3O3/c26-20(15-17-5-2-1-3-6-17)25-13-10-22(11-14-25)9-8-19(28-22)21(27)24-18-7-4-12-23-16-18/h1-7,12,16,19H,8-11,13-15H2,(H,24,27). The Morgan fingerprint density at radius 3 is 2.61 bits per heavy atom. The number of aromatic nitrogens is 1. The summed E-state index contributed by atoms with van der Waals surface area (Å²) >= 11 is 0. The summed E-state index contributed by atoms with van der Waals surface area (Å²) in [5, 5.41) is 2.87. The van der Waals surface area contributed by atoms with E-state index < -0.39 is 6.10 Å². The third kappa shape index (κ3) is 4.22. The number of rotatable bonds is 4. The number of anilines is 1. The highest BCUT2D eigenvalue weighted by Gasteiger charge is 2.45. The number of likely N-dealkylation sites (tertiary alicyclic amines) is 1. The summed E-state index contributed by atoms with van der Waals surface area (Å²) in [4.78, 5) is 31.0. The number of piperidine rings is 1. The molecule has 1 atom stereocenters. The van der Waals surface area contributed by atoms with E-state index in [1.54, 1.807) is 18.5 Å². The predicted octanol–water partition coefficient (Wildman–Crippen LogP) is 2.80. The van der Waals surface area contributed by atoms with Gasteiger partial charge in [-0.3, -0.25) is 14.6 Å². The molecule has 28 heavy (non-hydrogen) atoms. The highest BCUT2D eigenvalue weighted by atomic mass is 16.5. The molecule has 2 saturated heterocycles. The van der Waals surface area contributed by atoms with Crippen molar-refractivity contribution < 1.29 is 14.3 Å². The van der Waals surface area contributed by atoms with Crippen LogP contribution < -0.4 is 5.32 Å². The highest BCUT2D eigenvalue weighted by molar-refractivity contribution is 5.94. The second-order valence-electron chi connectivity index (χ2n) is 7.60. The maximum absolute atomic E-state index is 12.6. The van der Waals surface area contributed by atoms with Crippen LogP contribution in [0.5, 0.6) is 0 Å². The second kappa shape index (κ2) is 8.10. The molecular formula is C22H25N3O3. The van der Waals surface area contributed by atoms with Crippen LogP contribution in [0.4, 0.5) is 5.69 Å². The molecule has 146 valence electrons. The van der Waals surface area contributed by atoms with Crippen molar-refractivity contribution in [3.63, 3.8) is 0 Å². The van der Waals surface area contributed by atoms with Crippen molar-refractivity contribution in [1.29, 1.82) is 0 Å². The number of ether oxygens (including phenoxy) is 1. The van der Waals surface area contributed by atoms with Gasteiger partial charge in [0, 0.05) is 19.3 Å². The number of carbonyl (C=O) groups excluding carboxylic acids is 2. The zero-order valence-corrected chi connectivity index (χ0v) is 15.8. The molecule has 2 fully saturated rings. The molecule has 1 N–H and O–H groups in total. The van der Waals surface area contributed by atoms with Crippen molar-refractivity contribution >= 4 is 17.5 Å². The van der Waals surface area contributed by atoms with Crippen LogP contribution >= 0.6 is 0 Å². The van der Waals surface area contributed by atoms with Crippen molar-refractivity contribution in [3.05, 3.63) is 60.4 Å². The van der Waals surface area contributed by atoms with E-state index in [1.165, 1.54) is 0 Å². The summed E-state index contributed by atoms with van der Waals surface area (Å²) in [6.07, 6.45) is 6.43. The van der Waals surface area contributed by atoms with Gasteiger partial charge in [-0.2, -0.15) is 0 Å². The molecular weight excluding hydrogens is 354 g/mol. The van der Waals surface area contributed by atoms with Crippen molar-refractivity contribution in [1.82, 2.24) is 9.88 Å². The number of benzene rings is 1. The third-order valence-electron chi connectivity index (χ3n) is 5.70. The summed E-state index contributed by atoms with van der Waals surface area (Å²) in [6, 6.07) is 13.4. The van der Waals surface area contributed by atoms with Crippen molar-refractivity contribution in [2.75, 3.05) is 18.4 Å². The van der Waals surface area contributed by atoms with Crippen LogP contribution in [-0.2, 0) is 20.7 Å². The molecule has 1 aromatic carbocycles. The number of nitrogens with one attached hydrogen (secondary N) is 1. The lowest BCUT2D eigenvalue weighted by Gasteiger charge is -2.39. The number of nitrogens with zero attached hydrogens (tertiary/aromatic N) is 2. The Morgan fingerprint density at radius 2 is 1.89 bits per heavy atom. The monoisotopic (exact) mass is 379 g/mol. The topological polar surface area (TPSA) is 71.5 Å². The lowest BCUT2D eigenvalue weighted by molar-refractivity contribution is -0.143. The van der Waals surface area contributed by atoms with Gasteiger partial charge in [-0.1, -0.05) is 30.3 Å². The van der Waals surface area contributed by atoms with E-state index in [-0.39, 0.29) is 17.4 Å². The van der Waals surface area contributed by atoms with Crippen LogP contribution in [0.3, 0.4) is 0 Å². The Kier molecular flexibility index (Phi) is 5.39. The molecule has 0 aliphatic carbocycles. The van der Waals surface area contributed by atoms with E-state index in [0.717, 1.165) is 24.8 Å². The molecule has 0 radical (unpaired) electrons. The molecule has 2 aliphatic rings. The fraction of sp³-hybridized carbons (Fsp3) is 0.409. The normalized spacial score (nSPS) is 20.9. The molecule has 1 spiro atoms. The second-order valence-corrected chi connectivity index (χ2v) is 7.60. The van der Waals surface area contributed by atoms with Crippen LogP contribution in [0.25, 0.3) is 0 Å². The minimum absolute atomic E-state index is 0.118. The van der Waals surface area contributed by atoms with Crippen LogP contribution in [0.1, 0.15) is 31.2 Å². The van der Waals surface area contributed by atoms with Crippen molar-refractivity contribution in [2.24, 2.45) is 0 Å². The van der Waals surface area contributed by atoms with E-state index in [4.69, 9.17) is 4.74 Å². The Bertz CT molecular complexity index is 817. The van der Waals surface area contributed by atoms with Crippen LogP contribution in [0.15, 0.2) is 54.9 Å². The van der Waals surface area contributed by atoms with Gasteiger partial charge in [0.15, 0.2) is 0 Å². The first-order valence-electron chi connectivity index (χ1n) is 9.84. The van der Waals surface area contributed by atoms with Crippen LogP contribution in [-0.4, -0.2) is 46.5 Å². The molecule has 0 bridgehead atoms. The van der Waals surface area contributed by atoms with Crippen molar-refractivity contribution in [3.8, 4) is 0 Å². The zero-order valence-electron chi connectivity index (χ0n) is 15.8. The summed E-state index contributed by atoms with van der Waals surface area (Å²) in [5.74, 6) is 0.0392. The van der Waals surface area contributed by atoms with Gasteiger partial charge in [-0.15, -0.1) is 0 Å². The number of hydrogen-bond donors (Lipinski definition) is 1. The van der Waals surface area contributed by atoms with Crippen molar-refractivity contribution in [2.45, 2.75) is 43.8 Å². The van der Waals surface area contributed by atoms with E-state index >= 15 is 0 Å². The van der Waals surface area contributed by atoms with E-state index in [0.29, 0.717) is 31.6 Å². The maximum atomic E-state index is 12.6. The summed E-state index contributed by atoms with van der Waals surface area (Å²) in [5.41, 5.74) is 1.44. The summed E-state index contributed by atoms with van der Waals surface area (Å²) < 4.78 is 6.20. The van der Waals surface area contributed by atoms with E-state index in [2.05, 4.69) is 10.3 Å². The average Bonchev–Trinajstić information content (AvgIpc) is 3.14. The minimum Gasteiger partial charge on any atom is -0.362 e. The lowest BCUT2D eigenvalue weighted by Crippen LogP contribution is -2.47. The maximum Gasteiger partial charge on any atom is 0.253 e. The molecule has 3 heterocycles. The molecule has 2 amide bonds. The predicted molar refractivity (Wildman–Crippen MR) is 106 cm³/mol. The number of pyridine rings is 1. The molecule has 4 rings (SSSR count). The van der Waals surface area contributed by atoms with Crippen LogP contribution in [0.2, 0.25) is 0 Å². The zero-order chi connectivity index (χ0) is 19.4. The first kappa shape index (κ1) is 18.6. The van der Waals surface area contributed by atoms with Gasteiger partial charge in [-0.25, -0.2) is 0 Å². The molecule has 0 saturated carbocycles. The fourth-order valence-electron chi connectivity index (χ4n) is 4.07. The quantitative estimate of drug-likeness (QED) is 0.887. The largest absolute Gasteiger partial charge is 0.362 e. The first-order valence-corrected chi connectivity index (χ1v) is 9.84. The molecule has 2 aromatic rings. The van der Waals surface area contributed by atoms with E-state index in [9.17, 15) is 9.59 Å². The molecule has 6 nitrogen and oxygen atoms in total. The van der Waals surface area contributed by atoms with Gasteiger partial charge >= 0.3 is 0 Å². The van der Waals surface area contributed by atoms with Gasteiger partial charge in [0.25, 0.3) is 5.91 Å². The SMILES string of the molecule is O=C(Nc1cccnc1)C1CCC2(CCN(C(=O)Cc3ccccc3)CC2)O1. The smallest absolute Gasteiger partial charge is 0.253 e. The minimum atomic E-state index is -0.438. The van der Waals surface area contributed by atoms with Crippen LogP contribution in [0, 0.1) is 0 Å². The summed E-state index contributed by atoms with van der Waals surface area (Å²) in [6.45, 7) is 1.37. The molecule has 2 aliphatic heterocycles. The Balaban J connectivity index is 1.28. The van der Waals surface area contributed by atoms with Gasteiger partial charge in [-0.05, 0) is 43.4 Å². The summed E-state index contributed by atoms with van der Waals surface area (Å²) in [7, 11) is 0. The van der Waals surface area contributed by atoms with E-state index in [1.807, 2.05) is 41.3 Å². The molecule has 6 heteroatoms. The lowest BCUT2D eigenvalue weighted by atomic mass is 9.88. The molecule has 1 aromatic heterocycles. The number of amides is 2. The Labute approximate surface area is 164 Å². The first-order chi connectivity index (χ1) is 13.6. The van der Waals surface area contributed by atoms with Gasteiger partial charge < -0.3 is 15.0 Å². The highest BCUT2D eigenvalue weighted by Crippen LogP contribution is 2.39. The average molecular weight is 379 g/mol. The molecule has 1 unspecified atom stereocenters. The Hall–Kier alpha value is -2.73. The van der Waals surface area contributed by atoms with Gasteiger partial charge in [0.1, 0.15) is 6.10 Å². The fourth-order valence-corrected chi connectivity index (χ4v) is 4.07.